The highest BCUT2D eigenvalue weighted by molar-refractivity contribution is 5.99. The van der Waals surface area contributed by atoms with E-state index in [9.17, 15) is 14.4 Å². The van der Waals surface area contributed by atoms with Crippen molar-refractivity contribution in [1.29, 1.82) is 0 Å². The minimum Gasteiger partial charge on any atom is -0.426 e. The fraction of sp³-hybridized carbons (Fsp3) is 0.552. The summed E-state index contributed by atoms with van der Waals surface area (Å²) < 4.78 is 10.4. The molecule has 5 heteroatoms. The van der Waals surface area contributed by atoms with Crippen LogP contribution in [0.4, 0.5) is 0 Å². The van der Waals surface area contributed by atoms with Crippen LogP contribution in [0.5, 0.6) is 5.75 Å². The average molecular weight is 471 g/mol. The second-order valence-corrected chi connectivity index (χ2v) is 8.63. The molecule has 34 heavy (non-hydrogen) atoms. The number of para-hydroxylation sites is 1. The molecule has 0 aliphatic rings. The van der Waals surface area contributed by atoms with Crippen molar-refractivity contribution in [2.24, 2.45) is 0 Å². The number of carbonyl (C=O) groups is 3. The van der Waals surface area contributed by atoms with Crippen molar-refractivity contribution in [1.82, 2.24) is 0 Å². The maximum Gasteiger partial charge on any atom is 0.349 e. The maximum atomic E-state index is 12.5. The van der Waals surface area contributed by atoms with Gasteiger partial charge in [-0.05, 0) is 50.7 Å². The van der Waals surface area contributed by atoms with Crippen LogP contribution in [0.1, 0.15) is 113 Å². The van der Waals surface area contributed by atoms with Crippen LogP contribution >= 0.6 is 0 Å². The standard InChI is InChI=1S/C29H42O5/c1-3-5-7-9-11-13-15-17-23-27(30)33-26-22-20-19-21-25(26)29(32)34-28(31)24-18-16-14-12-10-8-6-4-2/h3-4,19-22H,1-2,5-18,23-24H2. The topological polar surface area (TPSA) is 69.7 Å². The van der Waals surface area contributed by atoms with Gasteiger partial charge in [0.25, 0.3) is 0 Å². The van der Waals surface area contributed by atoms with Crippen LogP contribution < -0.4 is 4.74 Å². The van der Waals surface area contributed by atoms with Crippen LogP contribution in [0.25, 0.3) is 0 Å². The van der Waals surface area contributed by atoms with E-state index in [1.165, 1.54) is 18.9 Å². The predicted molar refractivity (Wildman–Crippen MR) is 137 cm³/mol. The molecule has 0 aliphatic heterocycles. The fourth-order valence-electron chi connectivity index (χ4n) is 3.64. The van der Waals surface area contributed by atoms with Crippen molar-refractivity contribution in [2.75, 3.05) is 0 Å². The molecule has 1 aromatic rings. The Morgan fingerprint density at radius 3 is 1.68 bits per heavy atom. The van der Waals surface area contributed by atoms with E-state index in [2.05, 4.69) is 13.2 Å². The summed E-state index contributed by atoms with van der Waals surface area (Å²) in [4.78, 5) is 36.7. The van der Waals surface area contributed by atoms with Gasteiger partial charge in [0, 0.05) is 12.8 Å². The summed E-state index contributed by atoms with van der Waals surface area (Å²) in [5, 5.41) is 0. The molecule has 1 rings (SSSR count). The first-order chi connectivity index (χ1) is 16.6. The van der Waals surface area contributed by atoms with Gasteiger partial charge in [-0.25, -0.2) is 4.79 Å². The number of esters is 3. The molecular weight excluding hydrogens is 428 g/mol. The molecule has 188 valence electrons. The van der Waals surface area contributed by atoms with E-state index >= 15 is 0 Å². The summed E-state index contributed by atoms with van der Waals surface area (Å²) in [6.07, 6.45) is 18.9. The monoisotopic (exact) mass is 470 g/mol. The van der Waals surface area contributed by atoms with Crippen LogP contribution in [0.3, 0.4) is 0 Å². The van der Waals surface area contributed by atoms with Crippen molar-refractivity contribution < 1.29 is 23.9 Å². The molecule has 0 saturated carbocycles. The average Bonchev–Trinajstić information content (AvgIpc) is 2.82. The summed E-state index contributed by atoms with van der Waals surface area (Å²) in [6, 6.07) is 6.38. The Labute approximate surface area is 205 Å². The number of carbonyl (C=O) groups excluding carboxylic acids is 3. The number of hydrogen-bond donors (Lipinski definition) is 0. The predicted octanol–water partition coefficient (Wildman–Crippen LogP) is 7.89. The Morgan fingerprint density at radius 1 is 0.647 bits per heavy atom. The minimum atomic E-state index is -0.780. The number of benzene rings is 1. The highest BCUT2D eigenvalue weighted by Crippen LogP contribution is 2.21. The molecule has 0 N–H and O–H groups in total. The number of rotatable bonds is 20. The number of hydrogen-bond acceptors (Lipinski definition) is 5. The van der Waals surface area contributed by atoms with Gasteiger partial charge in [0.05, 0.1) is 0 Å². The maximum absolute atomic E-state index is 12.5. The van der Waals surface area contributed by atoms with E-state index in [0.29, 0.717) is 12.8 Å². The second kappa shape index (κ2) is 19.7. The third-order valence-corrected chi connectivity index (χ3v) is 5.62. The molecule has 0 aliphatic carbocycles. The smallest absolute Gasteiger partial charge is 0.349 e. The number of ether oxygens (including phenoxy) is 2. The first kappa shape index (κ1) is 29.3. The summed E-state index contributed by atoms with van der Waals surface area (Å²) in [7, 11) is 0. The zero-order chi connectivity index (χ0) is 24.9. The Kier molecular flexibility index (Phi) is 17.0. The van der Waals surface area contributed by atoms with Gasteiger partial charge in [-0.2, -0.15) is 0 Å². The van der Waals surface area contributed by atoms with Crippen LogP contribution in [0.2, 0.25) is 0 Å². The summed E-state index contributed by atoms with van der Waals surface area (Å²) >= 11 is 0. The fourth-order valence-corrected chi connectivity index (χ4v) is 3.64. The minimum absolute atomic E-state index is 0.0913. The molecule has 0 spiro atoms. The third-order valence-electron chi connectivity index (χ3n) is 5.62. The van der Waals surface area contributed by atoms with E-state index in [0.717, 1.165) is 70.6 Å². The van der Waals surface area contributed by atoms with E-state index in [4.69, 9.17) is 9.47 Å². The first-order valence-electron chi connectivity index (χ1n) is 12.8. The van der Waals surface area contributed by atoms with E-state index in [1.807, 2.05) is 12.2 Å². The Bertz CT molecular complexity index is 753. The summed E-state index contributed by atoms with van der Waals surface area (Å²) in [6.45, 7) is 7.43. The van der Waals surface area contributed by atoms with Crippen molar-refractivity contribution in [3.8, 4) is 5.75 Å². The molecule has 0 bridgehead atoms. The Balaban J connectivity index is 2.31. The lowest BCUT2D eigenvalue weighted by Crippen LogP contribution is -2.15. The molecule has 0 amide bonds. The molecule has 0 fully saturated rings. The highest BCUT2D eigenvalue weighted by Gasteiger charge is 2.19. The number of unbranched alkanes of at least 4 members (excludes halogenated alkanes) is 12. The molecule has 5 nitrogen and oxygen atoms in total. The van der Waals surface area contributed by atoms with Crippen LogP contribution in [-0.4, -0.2) is 17.9 Å². The van der Waals surface area contributed by atoms with Crippen LogP contribution in [-0.2, 0) is 14.3 Å². The van der Waals surface area contributed by atoms with Crippen LogP contribution in [0, 0.1) is 0 Å². The van der Waals surface area contributed by atoms with Gasteiger partial charge in [0.2, 0.25) is 0 Å². The van der Waals surface area contributed by atoms with Crippen molar-refractivity contribution in [3.63, 3.8) is 0 Å². The molecule has 1 aromatic carbocycles. The molecule has 0 aromatic heterocycles. The van der Waals surface area contributed by atoms with Gasteiger partial charge in [-0.3, -0.25) is 9.59 Å². The molecule has 0 saturated heterocycles. The zero-order valence-corrected chi connectivity index (χ0v) is 20.7. The van der Waals surface area contributed by atoms with Crippen molar-refractivity contribution in [3.05, 3.63) is 55.1 Å². The quantitative estimate of drug-likeness (QED) is 0.0637. The van der Waals surface area contributed by atoms with Gasteiger partial charge in [-0.1, -0.05) is 75.7 Å². The van der Waals surface area contributed by atoms with E-state index in [-0.39, 0.29) is 23.7 Å². The van der Waals surface area contributed by atoms with Gasteiger partial charge in [0.15, 0.2) is 0 Å². The zero-order valence-electron chi connectivity index (χ0n) is 20.7. The van der Waals surface area contributed by atoms with E-state index in [1.54, 1.807) is 18.2 Å². The number of allylic oxidation sites excluding steroid dienone is 2. The summed E-state index contributed by atoms with van der Waals surface area (Å²) in [5.74, 6) is -1.58. The first-order valence-corrected chi connectivity index (χ1v) is 12.8. The molecule has 0 atom stereocenters. The third kappa shape index (κ3) is 14.5. The van der Waals surface area contributed by atoms with Crippen molar-refractivity contribution >= 4 is 17.9 Å². The molecule has 0 radical (unpaired) electrons. The molecular formula is C29H42O5. The SMILES string of the molecule is C=CCCCCCCCCC(=O)OC(=O)c1ccccc1OC(=O)CCCCCCCCC=C. The molecule has 0 unspecified atom stereocenters. The van der Waals surface area contributed by atoms with Crippen LogP contribution in [0.15, 0.2) is 49.6 Å². The Morgan fingerprint density at radius 2 is 1.12 bits per heavy atom. The van der Waals surface area contributed by atoms with Gasteiger partial charge >= 0.3 is 17.9 Å². The van der Waals surface area contributed by atoms with Gasteiger partial charge in [0.1, 0.15) is 11.3 Å². The van der Waals surface area contributed by atoms with Gasteiger partial charge in [-0.15, -0.1) is 13.2 Å². The lowest BCUT2D eigenvalue weighted by molar-refractivity contribution is -0.138. The Hall–Kier alpha value is -2.69. The summed E-state index contributed by atoms with van der Waals surface area (Å²) in [5.41, 5.74) is 0.0913. The second-order valence-electron chi connectivity index (χ2n) is 8.63. The highest BCUT2D eigenvalue weighted by atomic mass is 16.6. The lowest BCUT2D eigenvalue weighted by atomic mass is 10.1. The molecule has 0 heterocycles. The largest absolute Gasteiger partial charge is 0.426 e. The van der Waals surface area contributed by atoms with E-state index < -0.39 is 11.9 Å². The van der Waals surface area contributed by atoms with Crippen molar-refractivity contribution in [2.45, 2.75) is 103 Å². The van der Waals surface area contributed by atoms with Gasteiger partial charge < -0.3 is 9.47 Å². The lowest BCUT2D eigenvalue weighted by Gasteiger charge is -2.09. The normalized spacial score (nSPS) is 10.5.